The third-order valence-electron chi connectivity index (χ3n) is 3.82. The molecule has 1 amide bonds. The van der Waals surface area contributed by atoms with Crippen LogP contribution in [-0.2, 0) is 6.42 Å². The van der Waals surface area contributed by atoms with Crippen LogP contribution in [0.5, 0.6) is 5.88 Å². The fraction of sp³-hybridized carbons (Fsp3) is 0.438. The van der Waals surface area contributed by atoms with E-state index in [0.29, 0.717) is 29.4 Å². The number of rotatable bonds is 5. The molecular weight excluding hydrogens is 326 g/mol. The molecule has 124 valence electrons. The summed E-state index contributed by atoms with van der Waals surface area (Å²) < 4.78 is 9.72. The SMILES string of the molecule is CCCc1nnsc1C(=O)N1CCC(Oc2cc(C#N)ccn2)C1. The van der Waals surface area contributed by atoms with Gasteiger partial charge in [-0.15, -0.1) is 5.10 Å². The van der Waals surface area contributed by atoms with Crippen molar-refractivity contribution in [3.8, 4) is 11.9 Å². The highest BCUT2D eigenvalue weighted by molar-refractivity contribution is 7.08. The van der Waals surface area contributed by atoms with E-state index in [4.69, 9.17) is 10.00 Å². The Morgan fingerprint density at radius 3 is 3.25 bits per heavy atom. The van der Waals surface area contributed by atoms with Crippen LogP contribution in [0.3, 0.4) is 0 Å². The van der Waals surface area contributed by atoms with Crippen molar-refractivity contribution in [2.75, 3.05) is 13.1 Å². The van der Waals surface area contributed by atoms with Crippen molar-refractivity contribution in [1.82, 2.24) is 19.5 Å². The monoisotopic (exact) mass is 343 g/mol. The standard InChI is InChI=1S/C16H17N5O2S/c1-2-3-13-15(24-20-19-13)16(22)21-7-5-12(10-21)23-14-8-11(9-17)4-6-18-14/h4,6,8,12H,2-3,5,7,10H2,1H3. The third kappa shape index (κ3) is 3.51. The van der Waals surface area contributed by atoms with Gasteiger partial charge in [-0.1, -0.05) is 17.8 Å². The Hall–Kier alpha value is -2.53. The maximum atomic E-state index is 12.6. The number of aryl methyl sites for hydroxylation is 1. The fourth-order valence-corrected chi connectivity index (χ4v) is 3.31. The molecule has 24 heavy (non-hydrogen) atoms. The summed E-state index contributed by atoms with van der Waals surface area (Å²) in [6.07, 6.45) is 3.85. The summed E-state index contributed by atoms with van der Waals surface area (Å²) in [7, 11) is 0. The van der Waals surface area contributed by atoms with E-state index in [1.54, 1.807) is 23.2 Å². The molecule has 0 spiro atoms. The van der Waals surface area contributed by atoms with E-state index in [1.165, 1.54) is 0 Å². The highest BCUT2D eigenvalue weighted by Gasteiger charge is 2.30. The molecular formula is C16H17N5O2S. The molecule has 3 rings (SSSR count). The summed E-state index contributed by atoms with van der Waals surface area (Å²) in [6.45, 7) is 3.18. The van der Waals surface area contributed by atoms with Gasteiger partial charge in [0.2, 0.25) is 5.88 Å². The summed E-state index contributed by atoms with van der Waals surface area (Å²) >= 11 is 1.15. The second kappa shape index (κ2) is 7.36. The number of carbonyl (C=O) groups is 1. The Labute approximate surface area is 144 Å². The predicted molar refractivity (Wildman–Crippen MR) is 87.8 cm³/mol. The zero-order chi connectivity index (χ0) is 16.9. The van der Waals surface area contributed by atoms with E-state index in [2.05, 4.69) is 27.6 Å². The van der Waals surface area contributed by atoms with Gasteiger partial charge in [0.15, 0.2) is 0 Å². The molecule has 2 aromatic heterocycles. The number of hydrogen-bond acceptors (Lipinski definition) is 7. The molecule has 0 bridgehead atoms. The van der Waals surface area contributed by atoms with Crippen LogP contribution in [0.4, 0.5) is 0 Å². The summed E-state index contributed by atoms with van der Waals surface area (Å²) in [4.78, 5) is 19.2. The van der Waals surface area contributed by atoms with Gasteiger partial charge in [-0.05, 0) is 24.0 Å². The lowest BCUT2D eigenvalue weighted by Gasteiger charge is -2.16. The number of amides is 1. The number of hydrogen-bond donors (Lipinski definition) is 0. The number of nitrogens with zero attached hydrogens (tertiary/aromatic N) is 5. The zero-order valence-electron chi connectivity index (χ0n) is 13.3. The van der Waals surface area contributed by atoms with E-state index in [-0.39, 0.29) is 12.0 Å². The average molecular weight is 343 g/mol. The summed E-state index contributed by atoms with van der Waals surface area (Å²) in [6, 6.07) is 5.30. The first-order chi connectivity index (χ1) is 11.7. The molecule has 0 aliphatic carbocycles. The summed E-state index contributed by atoms with van der Waals surface area (Å²) in [5.41, 5.74) is 1.28. The van der Waals surface area contributed by atoms with Crippen molar-refractivity contribution in [2.45, 2.75) is 32.3 Å². The van der Waals surface area contributed by atoms with Gasteiger partial charge in [0, 0.05) is 25.2 Å². The van der Waals surface area contributed by atoms with Crippen molar-refractivity contribution in [3.05, 3.63) is 34.5 Å². The first-order valence-electron chi connectivity index (χ1n) is 7.84. The molecule has 1 saturated heterocycles. The molecule has 1 fully saturated rings. The van der Waals surface area contributed by atoms with Crippen molar-refractivity contribution in [2.24, 2.45) is 0 Å². The van der Waals surface area contributed by atoms with Crippen LogP contribution in [0.1, 0.15) is 40.7 Å². The first kappa shape index (κ1) is 16.3. The minimum Gasteiger partial charge on any atom is -0.472 e. The maximum absolute atomic E-state index is 12.6. The lowest BCUT2D eigenvalue weighted by atomic mass is 10.2. The van der Waals surface area contributed by atoms with Crippen LogP contribution >= 0.6 is 11.5 Å². The van der Waals surface area contributed by atoms with Gasteiger partial charge in [0.25, 0.3) is 5.91 Å². The van der Waals surface area contributed by atoms with Crippen molar-refractivity contribution >= 4 is 17.4 Å². The molecule has 1 atom stereocenters. The first-order valence-corrected chi connectivity index (χ1v) is 8.62. The van der Waals surface area contributed by atoms with E-state index in [0.717, 1.165) is 36.5 Å². The van der Waals surface area contributed by atoms with Crippen LogP contribution < -0.4 is 4.74 Å². The second-order valence-electron chi connectivity index (χ2n) is 5.57. The van der Waals surface area contributed by atoms with Crippen molar-refractivity contribution in [1.29, 1.82) is 5.26 Å². The highest BCUT2D eigenvalue weighted by atomic mass is 32.1. The van der Waals surface area contributed by atoms with Crippen LogP contribution in [0.25, 0.3) is 0 Å². The number of pyridine rings is 1. The molecule has 2 aromatic rings. The topological polar surface area (TPSA) is 92.0 Å². The third-order valence-corrected chi connectivity index (χ3v) is 4.58. The molecule has 1 aliphatic heterocycles. The van der Waals surface area contributed by atoms with Gasteiger partial charge in [0.05, 0.1) is 23.9 Å². The Balaban J connectivity index is 1.63. The number of likely N-dealkylation sites (tertiary alicyclic amines) is 1. The summed E-state index contributed by atoms with van der Waals surface area (Å²) in [5, 5.41) is 13.0. The van der Waals surface area contributed by atoms with Crippen molar-refractivity contribution < 1.29 is 9.53 Å². The van der Waals surface area contributed by atoms with Crippen LogP contribution in [0.2, 0.25) is 0 Å². The quantitative estimate of drug-likeness (QED) is 0.825. The summed E-state index contributed by atoms with van der Waals surface area (Å²) in [5.74, 6) is 0.387. The molecule has 0 aromatic carbocycles. The largest absolute Gasteiger partial charge is 0.472 e. The van der Waals surface area contributed by atoms with Gasteiger partial charge < -0.3 is 9.64 Å². The Morgan fingerprint density at radius 1 is 1.58 bits per heavy atom. The van der Waals surface area contributed by atoms with E-state index in [9.17, 15) is 4.79 Å². The van der Waals surface area contributed by atoms with Gasteiger partial charge in [0.1, 0.15) is 11.0 Å². The molecule has 7 nitrogen and oxygen atoms in total. The van der Waals surface area contributed by atoms with Gasteiger partial charge in [-0.3, -0.25) is 4.79 Å². The minimum absolute atomic E-state index is 0.0294. The Morgan fingerprint density at radius 2 is 2.46 bits per heavy atom. The van der Waals surface area contributed by atoms with Gasteiger partial charge in [-0.2, -0.15) is 5.26 Å². The van der Waals surface area contributed by atoms with Gasteiger partial charge in [-0.25, -0.2) is 4.98 Å². The van der Waals surface area contributed by atoms with Gasteiger partial charge >= 0.3 is 0 Å². The Kier molecular flexibility index (Phi) is 5.01. The smallest absolute Gasteiger partial charge is 0.267 e. The van der Waals surface area contributed by atoms with Crippen LogP contribution in [0.15, 0.2) is 18.3 Å². The lowest BCUT2D eigenvalue weighted by molar-refractivity contribution is 0.0774. The molecule has 8 heteroatoms. The zero-order valence-corrected chi connectivity index (χ0v) is 14.1. The number of nitriles is 1. The molecule has 0 saturated carbocycles. The fourth-order valence-electron chi connectivity index (χ4n) is 2.64. The minimum atomic E-state index is -0.120. The van der Waals surface area contributed by atoms with E-state index in [1.807, 2.05) is 0 Å². The van der Waals surface area contributed by atoms with Crippen LogP contribution in [0, 0.1) is 11.3 Å². The number of carbonyl (C=O) groups excluding carboxylic acids is 1. The van der Waals surface area contributed by atoms with Crippen molar-refractivity contribution in [3.63, 3.8) is 0 Å². The average Bonchev–Trinajstić information content (AvgIpc) is 3.24. The van der Waals surface area contributed by atoms with E-state index >= 15 is 0 Å². The molecule has 0 radical (unpaired) electrons. The molecule has 1 aliphatic rings. The normalized spacial score (nSPS) is 16.8. The lowest BCUT2D eigenvalue weighted by Crippen LogP contribution is -2.31. The number of aromatic nitrogens is 3. The molecule has 0 N–H and O–H groups in total. The number of ether oxygens (including phenoxy) is 1. The molecule has 3 heterocycles. The highest BCUT2D eigenvalue weighted by Crippen LogP contribution is 2.21. The molecule has 1 unspecified atom stereocenters. The maximum Gasteiger partial charge on any atom is 0.267 e. The van der Waals surface area contributed by atoms with E-state index < -0.39 is 0 Å². The predicted octanol–water partition coefficient (Wildman–Crippen LogP) is 2.05. The van der Waals surface area contributed by atoms with Crippen LogP contribution in [-0.4, -0.2) is 44.6 Å². The second-order valence-corrected chi connectivity index (χ2v) is 6.33. The Bertz CT molecular complexity index is 770.